The smallest absolute Gasteiger partial charge is 0.409 e. The van der Waals surface area contributed by atoms with Crippen molar-refractivity contribution in [2.24, 2.45) is 5.73 Å². The van der Waals surface area contributed by atoms with Crippen molar-refractivity contribution in [3.05, 3.63) is 83.9 Å². The van der Waals surface area contributed by atoms with E-state index in [2.05, 4.69) is 21.7 Å². The van der Waals surface area contributed by atoms with Gasteiger partial charge in [-0.3, -0.25) is 4.79 Å². The number of amides is 2. The molecule has 1 atom stereocenters. The Morgan fingerprint density at radius 1 is 0.580 bits per heavy atom. The normalized spacial score (nSPS) is 18.4. The van der Waals surface area contributed by atoms with E-state index in [1.165, 1.54) is 77.2 Å². The Morgan fingerprint density at radius 3 is 1.43 bits per heavy atom. The molecule has 0 aromatic heterocycles. The van der Waals surface area contributed by atoms with Gasteiger partial charge in [0.15, 0.2) is 5.78 Å². The molecule has 4 fully saturated rings. The van der Waals surface area contributed by atoms with E-state index >= 15 is 0 Å². The number of benzene rings is 4. The lowest BCUT2D eigenvalue weighted by molar-refractivity contribution is 0.0957. The van der Waals surface area contributed by atoms with Gasteiger partial charge in [-0.2, -0.15) is 0 Å². The highest BCUT2D eigenvalue weighted by Crippen LogP contribution is 2.32. The predicted molar refractivity (Wildman–Crippen MR) is 271 cm³/mol. The molecule has 69 heavy (non-hydrogen) atoms. The zero-order valence-electron chi connectivity index (χ0n) is 40.9. The van der Waals surface area contributed by atoms with Crippen LogP contribution >= 0.6 is 0 Å². The van der Waals surface area contributed by atoms with Gasteiger partial charge in [0.1, 0.15) is 0 Å². The lowest BCUT2D eigenvalue weighted by atomic mass is 9.93. The van der Waals surface area contributed by atoms with E-state index in [0.717, 1.165) is 16.3 Å². The van der Waals surface area contributed by atoms with Gasteiger partial charge in [-0.15, -0.1) is 0 Å². The summed E-state index contributed by atoms with van der Waals surface area (Å²) in [5.41, 5.74) is 7.26. The van der Waals surface area contributed by atoms with Crippen LogP contribution in [0.5, 0.6) is 0 Å². The van der Waals surface area contributed by atoms with E-state index in [-0.39, 0.29) is 41.0 Å². The Balaban J connectivity index is 0.000000201. The quantitative estimate of drug-likeness (QED) is 0.0986. The van der Waals surface area contributed by atoms with Crippen LogP contribution in [0, 0.1) is 0 Å². The van der Waals surface area contributed by atoms with Gasteiger partial charge in [0.05, 0.1) is 23.0 Å². The molecular formula is C52H74N6O9S2. The van der Waals surface area contributed by atoms with Gasteiger partial charge in [-0.05, 0) is 114 Å². The second-order valence-corrected chi connectivity index (χ2v) is 22.1. The largest absolute Gasteiger partial charge is 0.450 e. The monoisotopic (exact) mass is 990 g/mol. The number of fused-ring (bicyclic) bond motifs is 2. The predicted octanol–water partition coefficient (Wildman–Crippen LogP) is 8.94. The van der Waals surface area contributed by atoms with Gasteiger partial charge in [-0.25, -0.2) is 35.9 Å². The Morgan fingerprint density at radius 2 is 1.00 bits per heavy atom. The molecule has 17 heteroatoms. The van der Waals surface area contributed by atoms with E-state index in [1.54, 1.807) is 60.0 Å². The fourth-order valence-corrected chi connectivity index (χ4v) is 13.0. The molecule has 4 aromatic rings. The molecule has 0 bridgehead atoms. The van der Waals surface area contributed by atoms with Gasteiger partial charge in [-0.1, -0.05) is 93.1 Å². The molecule has 1 unspecified atom stereocenters. The van der Waals surface area contributed by atoms with Crippen molar-refractivity contribution in [2.45, 2.75) is 158 Å². The fraction of sp³-hybridized carbons (Fsp3) is 0.558. The minimum Gasteiger partial charge on any atom is -0.450 e. The van der Waals surface area contributed by atoms with Gasteiger partial charge in [0.25, 0.3) is 0 Å². The first kappa shape index (κ1) is 53.7. The van der Waals surface area contributed by atoms with Gasteiger partial charge >= 0.3 is 12.2 Å². The molecule has 2 saturated heterocycles. The van der Waals surface area contributed by atoms with Gasteiger partial charge in [0, 0.05) is 72.7 Å². The van der Waals surface area contributed by atoms with Crippen LogP contribution in [0.3, 0.4) is 0 Å². The number of nitrogens with zero attached hydrogens (tertiary/aromatic N) is 2. The molecule has 4 aliphatic rings. The van der Waals surface area contributed by atoms with E-state index < -0.39 is 20.0 Å². The molecule has 2 saturated carbocycles. The molecule has 8 rings (SSSR count). The van der Waals surface area contributed by atoms with Crippen molar-refractivity contribution in [2.75, 3.05) is 39.4 Å². The number of nitrogens with two attached hydrogens (primary N) is 1. The number of carbonyl (C=O) groups is 3. The second kappa shape index (κ2) is 25.5. The fourth-order valence-electron chi connectivity index (χ4n) is 9.92. The number of likely N-dealkylation sites (tertiary alicyclic amines) is 2. The van der Waals surface area contributed by atoms with E-state index in [0.29, 0.717) is 98.4 Å². The summed E-state index contributed by atoms with van der Waals surface area (Å²) >= 11 is 0. The lowest BCUT2D eigenvalue weighted by Crippen LogP contribution is -2.46. The highest BCUT2D eigenvalue weighted by molar-refractivity contribution is 7.90. The van der Waals surface area contributed by atoms with E-state index in [4.69, 9.17) is 15.2 Å². The second-order valence-electron chi connectivity index (χ2n) is 18.7. The van der Waals surface area contributed by atoms with Gasteiger partial charge < -0.3 is 30.3 Å². The molecule has 0 spiro atoms. The molecule has 2 heterocycles. The first-order valence-corrected chi connectivity index (χ1v) is 28.0. The van der Waals surface area contributed by atoms with Crippen molar-refractivity contribution in [1.82, 2.24) is 24.6 Å². The molecule has 2 aliphatic heterocycles. The standard InChI is InChI=1S/C26H37N3O4S.C20H24N2O5S.C6H13N/c1-3-33-26(30)29-17-15-21(16-18-29)28-34(31,32)25-14-13-22(23-11-7-8-12-24(23)25)19(2)27-20-9-5-4-6-10-20;1-3-27-20(24)22-12-10-15(11-13-22)21-28(25,26)19-9-8-16(14(2)23)17-6-4-5-7-18(17)19;7-6-4-2-1-3-5-6/h7-8,11-14,19-21,27-28H,3-6,9-10,15-18H2,1-2H3;4-9,15,21H,3,10-13H2,1-2H3;6H,1-5,7H2. The van der Waals surface area contributed by atoms with Crippen LogP contribution in [0.25, 0.3) is 21.5 Å². The summed E-state index contributed by atoms with van der Waals surface area (Å²) in [6.45, 7) is 9.66. The van der Waals surface area contributed by atoms with Crippen molar-refractivity contribution in [1.29, 1.82) is 0 Å². The van der Waals surface area contributed by atoms with Crippen molar-refractivity contribution in [3.63, 3.8) is 0 Å². The Labute approximate surface area is 409 Å². The van der Waals surface area contributed by atoms with Crippen molar-refractivity contribution < 1.29 is 40.7 Å². The molecule has 15 nitrogen and oxygen atoms in total. The average Bonchev–Trinajstić information content (AvgIpc) is 3.34. The van der Waals surface area contributed by atoms with E-state index in [1.807, 2.05) is 30.3 Å². The third-order valence-electron chi connectivity index (χ3n) is 13.7. The average molecular weight is 991 g/mol. The van der Waals surface area contributed by atoms with Crippen LogP contribution in [0.4, 0.5) is 9.59 Å². The van der Waals surface area contributed by atoms with Crippen molar-refractivity contribution >= 4 is 59.6 Å². The minimum atomic E-state index is -3.77. The Hall–Kier alpha value is -4.65. The number of ketones is 1. The summed E-state index contributed by atoms with van der Waals surface area (Å²) in [6, 6.07) is 22.2. The number of hydrogen-bond acceptors (Lipinski definition) is 11. The first-order chi connectivity index (χ1) is 33.1. The first-order valence-electron chi connectivity index (χ1n) is 25.1. The number of piperidine rings is 2. The summed E-state index contributed by atoms with van der Waals surface area (Å²) in [4.78, 5) is 39.3. The van der Waals surface area contributed by atoms with Gasteiger partial charge in [0.2, 0.25) is 20.0 Å². The molecular weight excluding hydrogens is 917 g/mol. The van der Waals surface area contributed by atoms with E-state index in [9.17, 15) is 31.2 Å². The summed E-state index contributed by atoms with van der Waals surface area (Å²) in [5.74, 6) is -0.112. The summed E-state index contributed by atoms with van der Waals surface area (Å²) in [5, 5.41) is 6.62. The van der Waals surface area contributed by atoms with Crippen molar-refractivity contribution in [3.8, 4) is 0 Å². The molecule has 0 radical (unpaired) electrons. The zero-order valence-corrected chi connectivity index (χ0v) is 42.6. The highest BCUT2D eigenvalue weighted by Gasteiger charge is 2.31. The summed E-state index contributed by atoms with van der Waals surface area (Å²) in [6.07, 6.45) is 14.4. The number of hydrogen-bond donors (Lipinski definition) is 4. The third kappa shape index (κ3) is 14.7. The zero-order chi connectivity index (χ0) is 49.6. The van der Waals surface area contributed by atoms with Crippen LogP contribution in [-0.2, 0) is 29.5 Å². The Bertz CT molecular complexity index is 2570. The summed E-state index contributed by atoms with van der Waals surface area (Å²) in [7, 11) is -7.48. The minimum absolute atomic E-state index is 0.112. The molecule has 4 aromatic carbocycles. The van der Waals surface area contributed by atoms with Crippen LogP contribution in [0.15, 0.2) is 82.6 Å². The Kier molecular flexibility index (Phi) is 19.8. The van der Waals surface area contributed by atoms with Crippen LogP contribution in [0.1, 0.15) is 140 Å². The maximum atomic E-state index is 13.4. The molecule has 378 valence electrons. The number of nitrogens with one attached hydrogen (secondary N) is 3. The molecule has 2 amide bonds. The third-order valence-corrected chi connectivity index (χ3v) is 16.8. The topological polar surface area (TPSA) is 207 Å². The maximum Gasteiger partial charge on any atom is 0.409 e. The molecule has 5 N–H and O–H groups in total. The number of rotatable bonds is 12. The number of sulfonamides is 2. The van der Waals surface area contributed by atoms with Crippen LogP contribution in [-0.4, -0.2) is 108 Å². The highest BCUT2D eigenvalue weighted by atomic mass is 32.2. The maximum absolute atomic E-state index is 13.4. The lowest BCUT2D eigenvalue weighted by Gasteiger charge is -2.31. The number of carbonyl (C=O) groups excluding carboxylic acids is 3. The SMILES string of the molecule is CCOC(=O)N1CCC(NS(=O)(=O)c2ccc(C(C)=O)c3ccccc23)CC1.CCOC(=O)N1CCC(NS(=O)(=O)c2ccc(C(C)NC3CCCCC3)c3ccccc23)CC1.NC1CCCCC1. The molecule has 2 aliphatic carbocycles. The number of ether oxygens (including phenoxy) is 2. The van der Waals surface area contributed by atoms with Crippen LogP contribution < -0.4 is 20.5 Å². The number of Topliss-reactive ketones (excluding diaryl/α,β-unsaturated/α-hetero) is 1. The van der Waals surface area contributed by atoms with Crippen LogP contribution in [0.2, 0.25) is 0 Å². The summed E-state index contributed by atoms with van der Waals surface area (Å²) < 4.78 is 68.5.